The number of aryl methyl sites for hydroxylation is 1. The predicted octanol–water partition coefficient (Wildman–Crippen LogP) is 3.90. The second kappa shape index (κ2) is 10.1. The van der Waals surface area contributed by atoms with Gasteiger partial charge in [0.15, 0.2) is 5.78 Å². The van der Waals surface area contributed by atoms with Gasteiger partial charge in [-0.2, -0.15) is 0 Å². The van der Waals surface area contributed by atoms with Crippen LogP contribution in [0.5, 0.6) is 0 Å². The van der Waals surface area contributed by atoms with Gasteiger partial charge in [0.2, 0.25) is 0 Å². The maximum atomic E-state index is 11.2. The number of Topliss-reactive ketones (excluding diaryl/α,β-unsaturated/α-hetero) is 1. The van der Waals surface area contributed by atoms with Crippen LogP contribution in [0.25, 0.3) is 0 Å². The summed E-state index contributed by atoms with van der Waals surface area (Å²) in [5.74, 6) is -0.674. The summed E-state index contributed by atoms with van der Waals surface area (Å²) in [6.07, 6.45) is 0.222. The number of carboxylic acids is 1. The fraction of sp³-hybridized carbons (Fsp3) is 0.250. The van der Waals surface area contributed by atoms with Crippen molar-refractivity contribution in [1.82, 2.24) is 0 Å². The molecule has 0 saturated heterocycles. The summed E-state index contributed by atoms with van der Waals surface area (Å²) in [4.78, 5) is 25.0. The van der Waals surface area contributed by atoms with E-state index in [1.165, 1.54) is 0 Å². The number of ketones is 1. The smallest absolute Gasteiger partial charge is 0.303 e. The lowest BCUT2D eigenvalue weighted by molar-refractivity contribution is -0.136. The van der Waals surface area contributed by atoms with Gasteiger partial charge in [0.05, 0.1) is 12.3 Å². The third kappa shape index (κ3) is 6.57. The molecule has 2 rings (SSSR count). The fourth-order valence-corrected chi connectivity index (χ4v) is 1.96. The normalized spacial score (nSPS) is 10.5. The molecule has 0 fully saturated rings. The zero-order chi connectivity index (χ0) is 17.9. The molecule has 0 aliphatic rings. The molecule has 1 N–H and O–H groups in total. The van der Waals surface area contributed by atoms with Crippen LogP contribution in [0.2, 0.25) is 0 Å². The molecule has 126 valence electrons. The summed E-state index contributed by atoms with van der Waals surface area (Å²) < 4.78 is 0. The molecule has 0 aliphatic heterocycles. The van der Waals surface area contributed by atoms with Crippen molar-refractivity contribution in [2.24, 2.45) is 4.99 Å². The topological polar surface area (TPSA) is 66.7 Å². The van der Waals surface area contributed by atoms with Crippen LogP contribution in [0.1, 0.15) is 37.0 Å². The predicted molar refractivity (Wildman–Crippen MR) is 96.7 cm³/mol. The van der Waals surface area contributed by atoms with Gasteiger partial charge in [-0.25, -0.2) is 0 Å². The van der Waals surface area contributed by atoms with Gasteiger partial charge in [0, 0.05) is 17.5 Å². The summed E-state index contributed by atoms with van der Waals surface area (Å²) in [5.41, 5.74) is 4.16. The minimum Gasteiger partial charge on any atom is -0.481 e. The van der Waals surface area contributed by atoms with Crippen LogP contribution >= 0.6 is 0 Å². The lowest BCUT2D eigenvalue weighted by atomic mass is 9.98. The average Bonchev–Trinajstić information content (AvgIpc) is 2.58. The number of hydrogen-bond donors (Lipinski definition) is 1. The summed E-state index contributed by atoms with van der Waals surface area (Å²) in [6.45, 7) is 5.44. The Morgan fingerprint density at radius 1 is 1.00 bits per heavy atom. The van der Waals surface area contributed by atoms with E-state index in [-0.39, 0.29) is 18.7 Å². The van der Waals surface area contributed by atoms with E-state index in [0.717, 1.165) is 22.4 Å². The van der Waals surface area contributed by atoms with E-state index in [4.69, 9.17) is 5.11 Å². The van der Waals surface area contributed by atoms with E-state index in [9.17, 15) is 9.59 Å². The van der Waals surface area contributed by atoms with Crippen molar-refractivity contribution in [3.05, 3.63) is 71.3 Å². The molecule has 0 atom stereocenters. The minimum absolute atomic E-state index is 0.0713. The number of carboxylic acid groups (broad SMARTS) is 1. The van der Waals surface area contributed by atoms with E-state index in [2.05, 4.69) is 18.0 Å². The third-order valence-electron chi connectivity index (χ3n) is 3.21. The molecule has 0 amide bonds. The molecule has 0 aliphatic carbocycles. The fourth-order valence-electron chi connectivity index (χ4n) is 1.96. The van der Waals surface area contributed by atoms with Gasteiger partial charge >= 0.3 is 5.97 Å². The van der Waals surface area contributed by atoms with Crippen molar-refractivity contribution >= 4 is 17.5 Å². The Morgan fingerprint density at radius 2 is 1.54 bits per heavy atom. The number of hydrogen-bond acceptors (Lipinski definition) is 3. The quantitative estimate of drug-likeness (QED) is 0.848. The number of benzene rings is 2. The second-order valence-electron chi connectivity index (χ2n) is 5.30. The first-order valence-corrected chi connectivity index (χ1v) is 7.82. The van der Waals surface area contributed by atoms with Crippen molar-refractivity contribution in [3.63, 3.8) is 0 Å². The molecule has 0 aromatic heterocycles. The van der Waals surface area contributed by atoms with Crippen LogP contribution < -0.4 is 0 Å². The highest BCUT2D eigenvalue weighted by Gasteiger charge is 2.09. The van der Waals surface area contributed by atoms with Crippen LogP contribution in [0, 0.1) is 6.92 Å². The Morgan fingerprint density at radius 3 is 2.04 bits per heavy atom. The van der Waals surface area contributed by atoms with Gasteiger partial charge in [-0.3, -0.25) is 14.6 Å². The van der Waals surface area contributed by atoms with E-state index in [1.54, 1.807) is 13.8 Å². The number of carbonyl (C=O) groups is 2. The molecule has 0 unspecified atom stereocenters. The first-order chi connectivity index (χ1) is 11.5. The van der Waals surface area contributed by atoms with Gasteiger partial charge in [-0.15, -0.1) is 0 Å². The number of carbonyl (C=O) groups excluding carboxylic acids is 1. The van der Waals surface area contributed by atoms with E-state index in [1.807, 2.05) is 48.5 Å². The van der Waals surface area contributed by atoms with E-state index in [0.29, 0.717) is 0 Å². The lowest BCUT2D eigenvalue weighted by Gasteiger charge is -2.10. The standard InChI is InChI=1S/C17H17NO.C3H6O2/c1-13-8-6-7-11-16(13)17(18-12-14(2)19)15-9-4-3-5-10-15;1-2-3(4)5/h3-11H,12H2,1-2H3;2H2,1H3,(H,4,5). The first-order valence-electron chi connectivity index (χ1n) is 7.82. The van der Waals surface area contributed by atoms with Gasteiger partial charge in [-0.1, -0.05) is 61.5 Å². The van der Waals surface area contributed by atoms with E-state index < -0.39 is 5.97 Å². The molecule has 0 bridgehead atoms. The molecule has 0 saturated carbocycles. The molecule has 4 heteroatoms. The van der Waals surface area contributed by atoms with Gasteiger partial charge < -0.3 is 5.11 Å². The third-order valence-corrected chi connectivity index (χ3v) is 3.21. The Hall–Kier alpha value is -2.75. The molecule has 0 radical (unpaired) electrons. The molecule has 0 spiro atoms. The average molecular weight is 325 g/mol. The SMILES string of the molecule is CC(=O)CN=C(c1ccccc1)c1ccccc1C.CCC(=O)O. The van der Waals surface area contributed by atoms with Crippen molar-refractivity contribution in [2.75, 3.05) is 6.54 Å². The van der Waals surface area contributed by atoms with Crippen molar-refractivity contribution in [1.29, 1.82) is 0 Å². The summed E-state index contributed by atoms with van der Waals surface area (Å²) in [5, 5.41) is 7.72. The van der Waals surface area contributed by atoms with E-state index >= 15 is 0 Å². The second-order valence-corrected chi connectivity index (χ2v) is 5.30. The number of aliphatic imine (C=N–C) groups is 1. The van der Waals surface area contributed by atoms with Crippen molar-refractivity contribution in [3.8, 4) is 0 Å². The first kappa shape index (κ1) is 19.3. The Balaban J connectivity index is 0.000000505. The molecule has 2 aromatic carbocycles. The molecular weight excluding hydrogens is 302 g/mol. The Bertz CT molecular complexity index is 706. The zero-order valence-electron chi connectivity index (χ0n) is 14.3. The van der Waals surface area contributed by atoms with Gasteiger partial charge in [0.1, 0.15) is 0 Å². The lowest BCUT2D eigenvalue weighted by Crippen LogP contribution is -2.08. The van der Waals surface area contributed by atoms with Gasteiger partial charge in [-0.05, 0) is 19.4 Å². The molecule has 24 heavy (non-hydrogen) atoms. The van der Waals surface area contributed by atoms with Crippen molar-refractivity contribution < 1.29 is 14.7 Å². The highest BCUT2D eigenvalue weighted by molar-refractivity contribution is 6.14. The Kier molecular flexibility index (Phi) is 8.13. The number of rotatable bonds is 5. The molecule has 4 nitrogen and oxygen atoms in total. The maximum Gasteiger partial charge on any atom is 0.303 e. The summed E-state index contributed by atoms with van der Waals surface area (Å²) in [7, 11) is 0. The van der Waals surface area contributed by atoms with Crippen LogP contribution in [-0.2, 0) is 9.59 Å². The Labute approximate surface area is 142 Å². The van der Waals surface area contributed by atoms with Crippen LogP contribution in [0.4, 0.5) is 0 Å². The number of aliphatic carboxylic acids is 1. The number of nitrogens with zero attached hydrogens (tertiary/aromatic N) is 1. The molecular formula is C20H23NO3. The van der Waals surface area contributed by atoms with Crippen LogP contribution in [0.3, 0.4) is 0 Å². The minimum atomic E-state index is -0.745. The van der Waals surface area contributed by atoms with Crippen LogP contribution in [-0.4, -0.2) is 29.1 Å². The summed E-state index contributed by atoms with van der Waals surface area (Å²) >= 11 is 0. The molecule has 0 heterocycles. The highest BCUT2D eigenvalue weighted by Crippen LogP contribution is 2.15. The summed E-state index contributed by atoms with van der Waals surface area (Å²) in [6, 6.07) is 18.1. The molecule has 2 aromatic rings. The maximum absolute atomic E-state index is 11.2. The van der Waals surface area contributed by atoms with Crippen LogP contribution in [0.15, 0.2) is 59.6 Å². The largest absolute Gasteiger partial charge is 0.481 e. The zero-order valence-corrected chi connectivity index (χ0v) is 14.3. The van der Waals surface area contributed by atoms with Crippen molar-refractivity contribution in [2.45, 2.75) is 27.2 Å². The van der Waals surface area contributed by atoms with Gasteiger partial charge in [0.25, 0.3) is 0 Å². The highest BCUT2D eigenvalue weighted by atomic mass is 16.4. The monoisotopic (exact) mass is 325 g/mol.